The van der Waals surface area contributed by atoms with E-state index in [9.17, 15) is 31.1 Å². The molecular formula is C30H36Cl2F6N4O2. The van der Waals surface area contributed by atoms with Gasteiger partial charge in [-0.1, -0.05) is 18.2 Å². The Morgan fingerprint density at radius 1 is 0.864 bits per heavy atom. The number of aromatic nitrogens is 1. The van der Waals surface area contributed by atoms with Crippen molar-refractivity contribution in [2.24, 2.45) is 0 Å². The Balaban J connectivity index is 0.00000264. The molecule has 3 aromatic rings. The Kier molecular flexibility index (Phi) is 11.7. The monoisotopic (exact) mass is 668 g/mol. The van der Waals surface area contributed by atoms with Gasteiger partial charge >= 0.3 is 12.4 Å². The highest BCUT2D eigenvalue weighted by atomic mass is 35.5. The number of halogens is 8. The van der Waals surface area contributed by atoms with Gasteiger partial charge in [-0.25, -0.2) is 0 Å². The summed E-state index contributed by atoms with van der Waals surface area (Å²) in [5.41, 5.74) is -1.79. The predicted molar refractivity (Wildman–Crippen MR) is 161 cm³/mol. The van der Waals surface area contributed by atoms with Crippen molar-refractivity contribution in [1.82, 2.24) is 19.7 Å². The minimum absolute atomic E-state index is 0. The van der Waals surface area contributed by atoms with E-state index in [0.29, 0.717) is 38.2 Å². The van der Waals surface area contributed by atoms with Gasteiger partial charge in [0.15, 0.2) is 0 Å². The number of ether oxygens (including phenoxy) is 1. The second-order valence-electron chi connectivity index (χ2n) is 11.3. The molecule has 2 aliphatic heterocycles. The van der Waals surface area contributed by atoms with E-state index in [1.807, 2.05) is 44.3 Å². The highest BCUT2D eigenvalue weighted by Gasteiger charge is 2.39. The molecule has 1 N–H and O–H groups in total. The summed E-state index contributed by atoms with van der Waals surface area (Å²) >= 11 is 0. The van der Waals surface area contributed by atoms with Gasteiger partial charge in [0.05, 0.1) is 23.3 Å². The molecule has 2 aromatic carbocycles. The number of amides is 1. The second kappa shape index (κ2) is 14.3. The molecule has 1 aromatic heterocycles. The first-order valence-corrected chi connectivity index (χ1v) is 14.0. The van der Waals surface area contributed by atoms with Crippen LogP contribution in [0, 0.1) is 0 Å². The maximum absolute atomic E-state index is 13.7. The van der Waals surface area contributed by atoms with Crippen LogP contribution in [0.15, 0.2) is 48.7 Å². The molecule has 0 radical (unpaired) electrons. The molecule has 0 spiro atoms. The third-order valence-electron chi connectivity index (χ3n) is 8.02. The van der Waals surface area contributed by atoms with Crippen LogP contribution in [0.3, 0.4) is 0 Å². The molecule has 2 saturated heterocycles. The molecule has 244 valence electrons. The molecule has 1 amide bonds. The third kappa shape index (κ3) is 8.39. The van der Waals surface area contributed by atoms with Crippen molar-refractivity contribution < 1.29 is 35.9 Å². The summed E-state index contributed by atoms with van der Waals surface area (Å²) in [5.74, 6) is -0.841. The van der Waals surface area contributed by atoms with Crippen LogP contribution in [0.25, 0.3) is 10.9 Å². The lowest BCUT2D eigenvalue weighted by Crippen LogP contribution is -2.57. The van der Waals surface area contributed by atoms with Crippen LogP contribution in [0.2, 0.25) is 0 Å². The molecule has 0 bridgehead atoms. The molecule has 44 heavy (non-hydrogen) atoms. The summed E-state index contributed by atoms with van der Waals surface area (Å²) in [6, 6.07) is 8.27. The van der Waals surface area contributed by atoms with E-state index >= 15 is 0 Å². The zero-order valence-electron chi connectivity index (χ0n) is 24.3. The van der Waals surface area contributed by atoms with Gasteiger partial charge < -0.3 is 14.6 Å². The first kappa shape index (κ1) is 36.0. The first-order valence-electron chi connectivity index (χ1n) is 14.0. The second-order valence-corrected chi connectivity index (χ2v) is 11.3. The van der Waals surface area contributed by atoms with Crippen molar-refractivity contribution in [2.75, 3.05) is 45.8 Å². The van der Waals surface area contributed by atoms with Gasteiger partial charge in [-0.15, -0.1) is 24.8 Å². The first-order chi connectivity index (χ1) is 19.8. The summed E-state index contributed by atoms with van der Waals surface area (Å²) in [7, 11) is 0. The Bertz CT molecular complexity index is 1370. The van der Waals surface area contributed by atoms with E-state index in [4.69, 9.17) is 4.74 Å². The van der Waals surface area contributed by atoms with Gasteiger partial charge in [0.1, 0.15) is 0 Å². The van der Waals surface area contributed by atoms with E-state index in [1.165, 1.54) is 4.90 Å². The molecule has 0 aliphatic carbocycles. The fourth-order valence-electron chi connectivity index (χ4n) is 6.11. The lowest BCUT2D eigenvalue weighted by molar-refractivity contribution is -0.143. The quantitative estimate of drug-likeness (QED) is 0.304. The molecule has 5 rings (SSSR count). The molecular weight excluding hydrogens is 633 g/mol. The summed E-state index contributed by atoms with van der Waals surface area (Å²) < 4.78 is 87.1. The number of morpholine rings is 1. The Labute approximate surface area is 264 Å². The molecule has 2 unspecified atom stereocenters. The number of nitrogens with one attached hydrogen (secondary N) is 1. The SMILES string of the molecule is CC1CN(CCN2CCN(C(=O)c3cc(C(F)(F)F)cc(C(F)(F)F)c3)[C@H](Cc3c[nH]c4ccccc34)C2)CC(C)O1.Cl.Cl. The van der Waals surface area contributed by atoms with Crippen LogP contribution >= 0.6 is 24.8 Å². The molecule has 14 heteroatoms. The number of carbonyl (C=O) groups is 1. The number of piperazine rings is 1. The highest BCUT2D eigenvalue weighted by Crippen LogP contribution is 2.37. The molecule has 2 fully saturated rings. The number of rotatable bonds is 6. The van der Waals surface area contributed by atoms with E-state index < -0.39 is 41.0 Å². The number of hydrogen-bond acceptors (Lipinski definition) is 4. The normalized spacial score (nSPS) is 22.0. The van der Waals surface area contributed by atoms with E-state index in [2.05, 4.69) is 14.8 Å². The number of carbonyl (C=O) groups excluding carboxylic acids is 1. The minimum Gasteiger partial charge on any atom is -0.373 e. The number of benzene rings is 2. The van der Waals surface area contributed by atoms with E-state index in [-0.39, 0.29) is 49.6 Å². The largest absolute Gasteiger partial charge is 0.416 e. The number of fused-ring (bicyclic) bond motifs is 1. The van der Waals surface area contributed by atoms with Gasteiger partial charge in [-0.3, -0.25) is 14.6 Å². The minimum atomic E-state index is -5.03. The Hall–Kier alpha value is -2.51. The number of hydrogen-bond donors (Lipinski definition) is 1. The number of nitrogens with zero attached hydrogens (tertiary/aromatic N) is 3. The van der Waals surface area contributed by atoms with Crippen LogP contribution in [0.5, 0.6) is 0 Å². The van der Waals surface area contributed by atoms with Gasteiger partial charge in [0, 0.05) is 74.5 Å². The van der Waals surface area contributed by atoms with Crippen molar-refractivity contribution in [3.05, 3.63) is 70.9 Å². The number of para-hydroxylation sites is 1. The van der Waals surface area contributed by atoms with Gasteiger partial charge in [0.2, 0.25) is 0 Å². The fraction of sp³-hybridized carbons (Fsp3) is 0.500. The topological polar surface area (TPSA) is 51.8 Å². The summed E-state index contributed by atoms with van der Waals surface area (Å²) in [4.78, 5) is 22.9. The lowest BCUT2D eigenvalue weighted by Gasteiger charge is -2.43. The highest BCUT2D eigenvalue weighted by molar-refractivity contribution is 5.95. The average Bonchev–Trinajstić information content (AvgIpc) is 3.32. The summed E-state index contributed by atoms with van der Waals surface area (Å²) in [5, 5.41) is 0.955. The third-order valence-corrected chi connectivity index (χ3v) is 8.02. The van der Waals surface area contributed by atoms with Crippen LogP contribution in [0.4, 0.5) is 26.3 Å². The zero-order chi connectivity index (χ0) is 30.2. The van der Waals surface area contributed by atoms with Crippen molar-refractivity contribution in [2.45, 2.75) is 50.9 Å². The Morgan fingerprint density at radius 3 is 2.07 bits per heavy atom. The number of aromatic amines is 1. The predicted octanol–water partition coefficient (Wildman–Crippen LogP) is 6.53. The fourth-order valence-corrected chi connectivity index (χ4v) is 6.11. The summed E-state index contributed by atoms with van der Waals surface area (Å²) in [6.07, 6.45) is -7.60. The van der Waals surface area contributed by atoms with Gasteiger partial charge in [-0.05, 0) is 50.1 Å². The van der Waals surface area contributed by atoms with Crippen molar-refractivity contribution in [3.63, 3.8) is 0 Å². The molecule has 3 atom stereocenters. The maximum atomic E-state index is 13.7. The average molecular weight is 670 g/mol. The van der Waals surface area contributed by atoms with Crippen LogP contribution in [-0.4, -0.2) is 89.7 Å². The molecule has 0 saturated carbocycles. The maximum Gasteiger partial charge on any atom is 0.416 e. The smallest absolute Gasteiger partial charge is 0.373 e. The number of alkyl halides is 6. The summed E-state index contributed by atoms with van der Waals surface area (Å²) in [6.45, 7) is 8.24. The zero-order valence-corrected chi connectivity index (χ0v) is 25.9. The lowest BCUT2D eigenvalue weighted by atomic mass is 9.98. The van der Waals surface area contributed by atoms with E-state index in [1.54, 1.807) is 0 Å². The van der Waals surface area contributed by atoms with Crippen LogP contribution in [-0.2, 0) is 23.5 Å². The van der Waals surface area contributed by atoms with Crippen molar-refractivity contribution in [3.8, 4) is 0 Å². The van der Waals surface area contributed by atoms with Gasteiger partial charge in [-0.2, -0.15) is 26.3 Å². The molecule has 3 heterocycles. The van der Waals surface area contributed by atoms with Crippen molar-refractivity contribution in [1.29, 1.82) is 0 Å². The molecule has 6 nitrogen and oxygen atoms in total. The van der Waals surface area contributed by atoms with Crippen molar-refractivity contribution >= 4 is 41.6 Å². The van der Waals surface area contributed by atoms with Gasteiger partial charge in [0.25, 0.3) is 5.91 Å². The molecule has 2 aliphatic rings. The number of H-pyrrole nitrogens is 1. The Morgan fingerprint density at radius 2 is 1.45 bits per heavy atom. The van der Waals surface area contributed by atoms with Crippen LogP contribution < -0.4 is 0 Å². The van der Waals surface area contributed by atoms with Crippen LogP contribution in [0.1, 0.15) is 40.9 Å². The standard InChI is InChI=1S/C30H34F6N4O2.2ClH/c1-19-16-39(17-20(2)42-19)8-7-38-9-10-40(25(18-38)13-22-15-37-27-6-4-3-5-26(22)27)28(41)21-11-23(29(31,32)33)14-24(12-21)30(34,35)36;;/h3-6,11-12,14-15,19-20,25,37H,7-10,13,16-18H2,1-2H3;2*1H/t19?,20?,25-;;/m1../s1. The van der Waals surface area contributed by atoms with E-state index in [0.717, 1.165) is 36.1 Å².